The van der Waals surface area contributed by atoms with Crippen molar-refractivity contribution in [1.29, 1.82) is 0 Å². The van der Waals surface area contributed by atoms with Crippen molar-refractivity contribution in [1.82, 2.24) is 0 Å². The SMILES string of the molecule is Cc1cc(N)c(Cl)cc1NC(C)CCO. The smallest absolute Gasteiger partial charge is 0.0656 e. The lowest BCUT2D eigenvalue weighted by Crippen LogP contribution is -2.17. The Bertz CT molecular complexity index is 342. The molecule has 0 aliphatic rings. The van der Waals surface area contributed by atoms with Gasteiger partial charge >= 0.3 is 0 Å². The molecule has 1 aromatic carbocycles. The van der Waals surface area contributed by atoms with E-state index in [1.54, 1.807) is 0 Å². The Labute approximate surface area is 95.2 Å². The van der Waals surface area contributed by atoms with Crippen LogP contribution in [0.4, 0.5) is 11.4 Å². The zero-order valence-corrected chi connectivity index (χ0v) is 9.80. The normalized spacial score (nSPS) is 12.5. The maximum atomic E-state index is 8.80. The topological polar surface area (TPSA) is 58.3 Å². The quantitative estimate of drug-likeness (QED) is 0.694. The second-order valence-corrected chi connectivity index (χ2v) is 4.15. The minimum absolute atomic E-state index is 0.177. The van der Waals surface area contributed by atoms with Crippen LogP contribution in [0.2, 0.25) is 5.02 Å². The number of rotatable bonds is 4. The number of aliphatic hydroxyl groups excluding tert-OH is 1. The van der Waals surface area contributed by atoms with Gasteiger partial charge in [0, 0.05) is 18.3 Å². The van der Waals surface area contributed by atoms with Crippen molar-refractivity contribution in [2.45, 2.75) is 26.3 Å². The fourth-order valence-electron chi connectivity index (χ4n) is 1.39. The summed E-state index contributed by atoms with van der Waals surface area (Å²) in [5, 5.41) is 12.6. The van der Waals surface area contributed by atoms with E-state index in [1.807, 2.05) is 26.0 Å². The van der Waals surface area contributed by atoms with Gasteiger partial charge < -0.3 is 16.2 Å². The second kappa shape index (κ2) is 5.24. The summed E-state index contributed by atoms with van der Waals surface area (Å²) < 4.78 is 0. The molecular formula is C11H17ClN2O. The maximum Gasteiger partial charge on any atom is 0.0656 e. The standard InChI is InChI=1S/C11H17ClN2O/c1-7-5-10(13)9(12)6-11(7)14-8(2)3-4-15/h5-6,8,14-15H,3-4,13H2,1-2H3. The van der Waals surface area contributed by atoms with E-state index >= 15 is 0 Å². The average Bonchev–Trinajstić information content (AvgIpc) is 2.14. The molecule has 0 aliphatic carbocycles. The first-order valence-electron chi connectivity index (χ1n) is 4.97. The third-order valence-electron chi connectivity index (χ3n) is 2.31. The summed E-state index contributed by atoms with van der Waals surface area (Å²) in [5.74, 6) is 0. The van der Waals surface area contributed by atoms with Crippen LogP contribution in [-0.4, -0.2) is 17.8 Å². The van der Waals surface area contributed by atoms with E-state index in [0.29, 0.717) is 17.1 Å². The number of nitrogens with two attached hydrogens (primary N) is 1. The molecule has 15 heavy (non-hydrogen) atoms. The van der Waals surface area contributed by atoms with Gasteiger partial charge in [0.15, 0.2) is 0 Å². The van der Waals surface area contributed by atoms with Crippen LogP contribution in [0.1, 0.15) is 18.9 Å². The predicted octanol–water partition coefficient (Wildman–Crippen LogP) is 2.41. The molecule has 0 amide bonds. The van der Waals surface area contributed by atoms with Gasteiger partial charge in [-0.15, -0.1) is 0 Å². The van der Waals surface area contributed by atoms with Crippen molar-refractivity contribution in [3.05, 3.63) is 22.7 Å². The number of anilines is 2. The molecule has 0 heterocycles. The Morgan fingerprint density at radius 3 is 2.80 bits per heavy atom. The van der Waals surface area contributed by atoms with Gasteiger partial charge in [-0.3, -0.25) is 0 Å². The number of hydrogen-bond acceptors (Lipinski definition) is 3. The summed E-state index contributed by atoms with van der Waals surface area (Å²) in [6.07, 6.45) is 0.710. The number of nitrogen functional groups attached to an aromatic ring is 1. The van der Waals surface area contributed by atoms with E-state index in [4.69, 9.17) is 22.4 Å². The lowest BCUT2D eigenvalue weighted by Gasteiger charge is -2.16. The van der Waals surface area contributed by atoms with Crippen LogP contribution < -0.4 is 11.1 Å². The second-order valence-electron chi connectivity index (χ2n) is 3.75. The van der Waals surface area contributed by atoms with Gasteiger partial charge in [0.05, 0.1) is 10.7 Å². The van der Waals surface area contributed by atoms with E-state index in [2.05, 4.69) is 5.32 Å². The summed E-state index contributed by atoms with van der Waals surface area (Å²) in [6, 6.07) is 3.88. The highest BCUT2D eigenvalue weighted by Gasteiger charge is 2.06. The van der Waals surface area contributed by atoms with Crippen molar-refractivity contribution in [3.63, 3.8) is 0 Å². The Morgan fingerprint density at radius 1 is 1.53 bits per heavy atom. The highest BCUT2D eigenvalue weighted by molar-refractivity contribution is 6.33. The average molecular weight is 229 g/mol. The zero-order chi connectivity index (χ0) is 11.4. The first-order chi connectivity index (χ1) is 7.04. The molecule has 0 spiro atoms. The Morgan fingerprint density at radius 2 is 2.20 bits per heavy atom. The number of nitrogens with one attached hydrogen (secondary N) is 1. The van der Waals surface area contributed by atoms with Gasteiger partial charge in [-0.1, -0.05) is 11.6 Å². The zero-order valence-electron chi connectivity index (χ0n) is 9.05. The molecule has 1 aromatic rings. The van der Waals surface area contributed by atoms with Gasteiger partial charge in [-0.25, -0.2) is 0 Å². The molecule has 0 saturated heterocycles. The van der Waals surface area contributed by atoms with Crippen LogP contribution in [0.3, 0.4) is 0 Å². The lowest BCUT2D eigenvalue weighted by atomic mass is 10.1. The van der Waals surface area contributed by atoms with Crippen LogP contribution in [-0.2, 0) is 0 Å². The third kappa shape index (κ3) is 3.29. The summed E-state index contributed by atoms with van der Waals surface area (Å²) in [7, 11) is 0. The molecule has 0 radical (unpaired) electrons. The fourth-order valence-corrected chi connectivity index (χ4v) is 1.55. The number of benzene rings is 1. The monoisotopic (exact) mass is 228 g/mol. The fraction of sp³-hybridized carbons (Fsp3) is 0.455. The summed E-state index contributed by atoms with van der Waals surface area (Å²) in [6.45, 7) is 4.16. The number of halogens is 1. The van der Waals surface area contributed by atoms with Gasteiger partial charge in [-0.2, -0.15) is 0 Å². The molecule has 84 valence electrons. The van der Waals surface area contributed by atoms with Crippen LogP contribution in [0.15, 0.2) is 12.1 Å². The minimum Gasteiger partial charge on any atom is -0.398 e. The molecule has 0 aromatic heterocycles. The van der Waals surface area contributed by atoms with Crippen molar-refractivity contribution in [2.75, 3.05) is 17.7 Å². The van der Waals surface area contributed by atoms with E-state index in [-0.39, 0.29) is 12.6 Å². The Balaban J connectivity index is 2.81. The molecule has 0 fully saturated rings. The largest absolute Gasteiger partial charge is 0.398 e. The van der Waals surface area contributed by atoms with Gasteiger partial charge in [-0.05, 0) is 38.0 Å². The van der Waals surface area contributed by atoms with Crippen molar-refractivity contribution in [3.8, 4) is 0 Å². The minimum atomic E-state index is 0.177. The Kier molecular flexibility index (Phi) is 4.24. The third-order valence-corrected chi connectivity index (χ3v) is 2.64. The van der Waals surface area contributed by atoms with Crippen LogP contribution in [0, 0.1) is 6.92 Å². The molecule has 1 rings (SSSR count). The molecule has 0 aliphatic heterocycles. The number of aryl methyl sites for hydroxylation is 1. The molecule has 0 bridgehead atoms. The molecule has 1 atom stereocenters. The number of hydrogen-bond donors (Lipinski definition) is 3. The summed E-state index contributed by atoms with van der Waals surface area (Å²) in [4.78, 5) is 0. The molecule has 4 heteroatoms. The van der Waals surface area contributed by atoms with Crippen molar-refractivity contribution >= 4 is 23.0 Å². The molecule has 4 N–H and O–H groups in total. The molecular weight excluding hydrogens is 212 g/mol. The van der Waals surface area contributed by atoms with E-state index in [9.17, 15) is 0 Å². The van der Waals surface area contributed by atoms with Gasteiger partial charge in [0.25, 0.3) is 0 Å². The number of aliphatic hydroxyl groups is 1. The van der Waals surface area contributed by atoms with E-state index in [0.717, 1.165) is 11.3 Å². The van der Waals surface area contributed by atoms with Gasteiger partial charge in [0.2, 0.25) is 0 Å². The molecule has 0 saturated carbocycles. The maximum absolute atomic E-state index is 8.80. The van der Waals surface area contributed by atoms with E-state index < -0.39 is 0 Å². The van der Waals surface area contributed by atoms with Crippen molar-refractivity contribution in [2.24, 2.45) is 0 Å². The van der Waals surface area contributed by atoms with E-state index in [1.165, 1.54) is 0 Å². The lowest BCUT2D eigenvalue weighted by molar-refractivity contribution is 0.282. The summed E-state index contributed by atoms with van der Waals surface area (Å²) in [5.41, 5.74) is 8.30. The summed E-state index contributed by atoms with van der Waals surface area (Å²) >= 11 is 5.93. The van der Waals surface area contributed by atoms with Crippen LogP contribution in [0.25, 0.3) is 0 Å². The first-order valence-corrected chi connectivity index (χ1v) is 5.35. The van der Waals surface area contributed by atoms with Gasteiger partial charge in [0.1, 0.15) is 0 Å². The molecule has 3 nitrogen and oxygen atoms in total. The van der Waals surface area contributed by atoms with Crippen LogP contribution >= 0.6 is 11.6 Å². The highest BCUT2D eigenvalue weighted by Crippen LogP contribution is 2.27. The van der Waals surface area contributed by atoms with Crippen LogP contribution in [0.5, 0.6) is 0 Å². The predicted molar refractivity (Wildman–Crippen MR) is 65.4 cm³/mol. The first kappa shape index (κ1) is 12.1. The van der Waals surface area contributed by atoms with Crippen molar-refractivity contribution < 1.29 is 5.11 Å². The molecule has 1 unspecified atom stereocenters. The Hall–Kier alpha value is -0.930. The highest BCUT2D eigenvalue weighted by atomic mass is 35.5.